The van der Waals surface area contributed by atoms with Gasteiger partial charge in [-0.25, -0.2) is 0 Å². The smallest absolute Gasteiger partial charge is 0.258 e. The van der Waals surface area contributed by atoms with Gasteiger partial charge in [-0.1, -0.05) is 70.5 Å². The van der Waals surface area contributed by atoms with Gasteiger partial charge in [-0.05, 0) is 50.0 Å². The van der Waals surface area contributed by atoms with E-state index in [1.54, 1.807) is 12.1 Å². The van der Waals surface area contributed by atoms with Crippen molar-refractivity contribution in [2.45, 2.75) is 0 Å². The van der Waals surface area contributed by atoms with Crippen LogP contribution in [0.25, 0.3) is 43.4 Å². The molecule has 0 radical (unpaired) electrons. The summed E-state index contributed by atoms with van der Waals surface area (Å²) in [6.45, 7) is 0. The lowest BCUT2D eigenvalue weighted by Gasteiger charge is -2.15. The Morgan fingerprint density at radius 3 is 2.08 bits per heavy atom. The first-order valence-corrected chi connectivity index (χ1v) is 9.04. The Bertz CT molecular complexity index is 1330. The Balaban J connectivity index is 1.98. The van der Waals surface area contributed by atoms with Gasteiger partial charge in [0.2, 0.25) is 0 Å². The minimum atomic E-state index is -0.316. The van der Waals surface area contributed by atoms with E-state index in [0.717, 1.165) is 31.6 Å². The van der Waals surface area contributed by atoms with E-state index in [9.17, 15) is 10.1 Å². The summed E-state index contributed by atoms with van der Waals surface area (Å²) in [5.41, 5.74) is 1.66. The van der Waals surface area contributed by atoms with Crippen LogP contribution in [0.2, 0.25) is 0 Å². The van der Waals surface area contributed by atoms with Crippen LogP contribution in [0.3, 0.4) is 0 Å². The molecule has 0 aliphatic rings. The molecule has 3 nitrogen and oxygen atoms in total. The van der Waals surface area contributed by atoms with Crippen molar-refractivity contribution in [3.05, 3.63) is 87.4 Å². The van der Waals surface area contributed by atoms with Crippen molar-refractivity contribution >= 4 is 53.9 Å². The number of benzene rings is 5. The monoisotopic (exact) mass is 401 g/mol. The Morgan fingerprint density at radius 1 is 0.692 bits per heavy atom. The maximum Gasteiger partial charge on any atom is 0.277 e. The topological polar surface area (TPSA) is 43.1 Å². The maximum atomic E-state index is 11.5. The highest BCUT2D eigenvalue weighted by molar-refractivity contribution is 9.10. The van der Waals surface area contributed by atoms with Crippen LogP contribution in [0.1, 0.15) is 0 Å². The zero-order chi connectivity index (χ0) is 17.8. The highest BCUT2D eigenvalue weighted by atomic mass is 79.9. The predicted molar refractivity (Wildman–Crippen MR) is 110 cm³/mol. The van der Waals surface area contributed by atoms with Crippen molar-refractivity contribution < 1.29 is 4.92 Å². The summed E-state index contributed by atoms with van der Waals surface area (Å²) in [6, 6.07) is 23.5. The molecule has 0 atom stereocenters. The van der Waals surface area contributed by atoms with Crippen molar-refractivity contribution in [2.24, 2.45) is 0 Å². The number of hydrogen-bond acceptors (Lipinski definition) is 2. The van der Waals surface area contributed by atoms with Crippen molar-refractivity contribution in [1.82, 2.24) is 0 Å². The highest BCUT2D eigenvalue weighted by Crippen LogP contribution is 2.42. The van der Waals surface area contributed by atoms with Crippen LogP contribution in [0.15, 0.2) is 77.3 Å². The van der Waals surface area contributed by atoms with E-state index in [0.29, 0.717) is 5.56 Å². The largest absolute Gasteiger partial charge is 0.277 e. The van der Waals surface area contributed by atoms with Crippen LogP contribution in [0.5, 0.6) is 0 Å². The summed E-state index contributed by atoms with van der Waals surface area (Å²) in [4.78, 5) is 11.2. The zero-order valence-electron chi connectivity index (χ0n) is 13.6. The quantitative estimate of drug-likeness (QED) is 0.183. The first-order valence-electron chi connectivity index (χ1n) is 8.25. The number of hydrogen-bond donors (Lipinski definition) is 0. The fourth-order valence-electron chi connectivity index (χ4n) is 3.86. The lowest BCUT2D eigenvalue weighted by molar-refractivity contribution is -0.384. The molecule has 0 saturated heterocycles. The van der Waals surface area contributed by atoms with E-state index in [4.69, 9.17) is 0 Å². The third-order valence-corrected chi connectivity index (χ3v) is 5.69. The van der Waals surface area contributed by atoms with Crippen molar-refractivity contribution in [3.63, 3.8) is 0 Å². The second-order valence-corrected chi connectivity index (χ2v) is 7.21. The highest BCUT2D eigenvalue weighted by Gasteiger charge is 2.18. The average molecular weight is 402 g/mol. The average Bonchev–Trinajstić information content (AvgIpc) is 2.67. The molecule has 5 rings (SSSR count). The third kappa shape index (κ3) is 2.06. The molecule has 0 amide bonds. The van der Waals surface area contributed by atoms with Gasteiger partial charge in [-0.15, -0.1) is 0 Å². The minimum Gasteiger partial charge on any atom is -0.258 e. The summed E-state index contributed by atoms with van der Waals surface area (Å²) < 4.78 is 1.05. The molecule has 0 bridgehead atoms. The summed E-state index contributed by atoms with van der Waals surface area (Å²) in [5.74, 6) is 0. The van der Waals surface area contributed by atoms with E-state index < -0.39 is 0 Å². The fraction of sp³-hybridized carbons (Fsp3) is 0. The second-order valence-electron chi connectivity index (χ2n) is 6.36. The molecule has 0 spiro atoms. The normalized spacial score (nSPS) is 11.6. The lowest BCUT2D eigenvalue weighted by atomic mass is 9.89. The SMILES string of the molecule is O=[N+]([O-])c1ccccc1-c1ccc2ccc3ccc(Br)c4ccc1c2c34. The predicted octanol–water partition coefficient (Wildman–Crippen LogP) is 6.92. The Kier molecular flexibility index (Phi) is 3.24. The van der Waals surface area contributed by atoms with Crippen LogP contribution in [0.4, 0.5) is 5.69 Å². The molecule has 0 unspecified atom stereocenters. The van der Waals surface area contributed by atoms with Crippen LogP contribution in [0, 0.1) is 10.1 Å². The van der Waals surface area contributed by atoms with Gasteiger partial charge in [0.15, 0.2) is 0 Å². The van der Waals surface area contributed by atoms with Crippen LogP contribution in [-0.4, -0.2) is 4.92 Å². The van der Waals surface area contributed by atoms with Gasteiger partial charge in [-0.2, -0.15) is 0 Å². The summed E-state index contributed by atoms with van der Waals surface area (Å²) in [7, 11) is 0. The Hall–Kier alpha value is -2.98. The van der Waals surface area contributed by atoms with E-state index in [-0.39, 0.29) is 10.6 Å². The van der Waals surface area contributed by atoms with Crippen LogP contribution in [-0.2, 0) is 0 Å². The number of para-hydroxylation sites is 1. The van der Waals surface area contributed by atoms with Crippen molar-refractivity contribution in [1.29, 1.82) is 0 Å². The van der Waals surface area contributed by atoms with E-state index in [1.807, 2.05) is 24.3 Å². The summed E-state index contributed by atoms with van der Waals surface area (Å²) in [5, 5.41) is 18.3. The molecule has 5 aromatic rings. The third-order valence-electron chi connectivity index (χ3n) is 5.00. The van der Waals surface area contributed by atoms with Crippen LogP contribution >= 0.6 is 15.9 Å². The Labute approximate surface area is 157 Å². The molecule has 124 valence electrons. The number of nitrogens with zero attached hydrogens (tertiary/aromatic N) is 1. The molecular weight excluding hydrogens is 390 g/mol. The van der Waals surface area contributed by atoms with E-state index >= 15 is 0 Å². The Morgan fingerprint density at radius 2 is 1.31 bits per heavy atom. The number of nitro groups is 1. The molecule has 0 aliphatic heterocycles. The summed E-state index contributed by atoms with van der Waals surface area (Å²) in [6.07, 6.45) is 0. The second kappa shape index (κ2) is 5.51. The maximum absolute atomic E-state index is 11.5. The zero-order valence-corrected chi connectivity index (χ0v) is 15.2. The lowest BCUT2D eigenvalue weighted by Crippen LogP contribution is -1.93. The standard InChI is InChI=1S/C22H12BrNO2/c23-19-12-8-14-6-5-13-7-9-15(16-3-1-2-4-20(16)24(25)26)17-10-11-18(19)22(14)21(13)17/h1-12H. The molecule has 0 fully saturated rings. The van der Waals surface area contributed by atoms with Gasteiger partial charge in [0.1, 0.15) is 0 Å². The van der Waals surface area contributed by atoms with Crippen LogP contribution < -0.4 is 0 Å². The molecule has 0 aromatic heterocycles. The van der Waals surface area contributed by atoms with Crippen molar-refractivity contribution in [3.8, 4) is 11.1 Å². The molecule has 26 heavy (non-hydrogen) atoms. The molecule has 0 heterocycles. The minimum absolute atomic E-state index is 0.128. The van der Waals surface area contributed by atoms with Gasteiger partial charge in [0.25, 0.3) is 5.69 Å². The molecule has 0 aliphatic carbocycles. The fourth-order valence-corrected chi connectivity index (χ4v) is 4.32. The molecule has 0 N–H and O–H groups in total. The van der Waals surface area contributed by atoms with Crippen molar-refractivity contribution in [2.75, 3.05) is 0 Å². The van der Waals surface area contributed by atoms with E-state index in [1.165, 1.54) is 10.8 Å². The van der Waals surface area contributed by atoms with Gasteiger partial charge in [0.05, 0.1) is 10.5 Å². The van der Waals surface area contributed by atoms with E-state index in [2.05, 4.69) is 52.3 Å². The summed E-state index contributed by atoms with van der Waals surface area (Å²) >= 11 is 3.65. The number of rotatable bonds is 2. The molecule has 4 heteroatoms. The van der Waals surface area contributed by atoms with Gasteiger partial charge >= 0.3 is 0 Å². The molecule has 0 saturated carbocycles. The molecule has 5 aromatic carbocycles. The first kappa shape index (κ1) is 15.3. The number of nitro benzene ring substituents is 1. The first-order chi connectivity index (χ1) is 12.6. The van der Waals surface area contributed by atoms with Gasteiger partial charge in [0, 0.05) is 10.5 Å². The van der Waals surface area contributed by atoms with Gasteiger partial charge < -0.3 is 0 Å². The molecular formula is C22H12BrNO2. The van der Waals surface area contributed by atoms with Gasteiger partial charge in [-0.3, -0.25) is 10.1 Å². The number of halogens is 1.